The number of aromatic amines is 1. The van der Waals surface area contributed by atoms with Crippen LogP contribution in [0.2, 0.25) is 0 Å². The normalized spacial score (nSPS) is 14.8. The van der Waals surface area contributed by atoms with Gasteiger partial charge in [-0.25, -0.2) is 9.36 Å². The first-order valence-electron chi connectivity index (χ1n) is 7.54. The summed E-state index contributed by atoms with van der Waals surface area (Å²) < 4.78 is 12.5. The molecular weight excluding hydrogens is 282 g/mol. The van der Waals surface area contributed by atoms with Crippen molar-refractivity contribution in [2.24, 2.45) is 0 Å². The summed E-state index contributed by atoms with van der Waals surface area (Å²) >= 11 is 0. The van der Waals surface area contributed by atoms with E-state index in [1.807, 2.05) is 6.07 Å². The summed E-state index contributed by atoms with van der Waals surface area (Å²) in [7, 11) is 1.61. The molecule has 2 aromatic heterocycles. The lowest BCUT2D eigenvalue weighted by molar-refractivity contribution is 0.415. The Morgan fingerprint density at radius 2 is 2.14 bits per heavy atom. The van der Waals surface area contributed by atoms with E-state index in [0.717, 1.165) is 37.1 Å². The number of oxazole rings is 1. The molecule has 0 spiro atoms. The summed E-state index contributed by atoms with van der Waals surface area (Å²) in [5, 5.41) is 0. The van der Waals surface area contributed by atoms with Gasteiger partial charge in [0.05, 0.1) is 12.8 Å². The summed E-state index contributed by atoms with van der Waals surface area (Å²) in [6.45, 7) is 0. The molecule has 0 saturated heterocycles. The van der Waals surface area contributed by atoms with Gasteiger partial charge in [0.1, 0.15) is 11.3 Å². The minimum Gasteiger partial charge on any atom is -0.497 e. The Balaban J connectivity index is 1.88. The zero-order valence-corrected chi connectivity index (χ0v) is 12.4. The fourth-order valence-electron chi connectivity index (χ4n) is 3.08. The van der Waals surface area contributed by atoms with Gasteiger partial charge in [0.2, 0.25) is 0 Å². The molecule has 1 aliphatic carbocycles. The topological polar surface area (TPSA) is 73.1 Å². The molecule has 2 heterocycles. The number of methoxy groups -OCH3 is 1. The van der Waals surface area contributed by atoms with Gasteiger partial charge in [-0.1, -0.05) is 6.42 Å². The number of hydrogen-bond donors (Lipinski definition) is 1. The van der Waals surface area contributed by atoms with Crippen molar-refractivity contribution in [1.29, 1.82) is 0 Å². The first-order chi connectivity index (χ1) is 10.8. The number of nitrogens with zero attached hydrogens (tertiary/aromatic N) is 2. The van der Waals surface area contributed by atoms with Gasteiger partial charge in [-0.05, 0) is 37.8 Å². The van der Waals surface area contributed by atoms with Crippen LogP contribution in [-0.2, 0) is 12.8 Å². The molecule has 1 aromatic carbocycles. The molecule has 1 N–H and O–H groups in total. The smallest absolute Gasteiger partial charge is 0.334 e. The maximum Gasteiger partial charge on any atom is 0.334 e. The summed E-state index contributed by atoms with van der Waals surface area (Å²) in [6.07, 6.45) is 5.15. The van der Waals surface area contributed by atoms with Crippen molar-refractivity contribution in [3.05, 3.63) is 40.1 Å². The highest BCUT2D eigenvalue weighted by Crippen LogP contribution is 2.25. The van der Waals surface area contributed by atoms with E-state index in [4.69, 9.17) is 9.15 Å². The van der Waals surface area contributed by atoms with Crippen LogP contribution >= 0.6 is 0 Å². The SMILES string of the molecule is COc1ccc2oc(-n3c4c([nH]c3=O)CCCCC4)nc2c1. The van der Waals surface area contributed by atoms with Crippen LogP contribution in [0.3, 0.4) is 0 Å². The number of fused-ring (bicyclic) bond motifs is 2. The van der Waals surface area contributed by atoms with Crippen molar-refractivity contribution in [3.8, 4) is 11.8 Å². The Morgan fingerprint density at radius 3 is 3.00 bits per heavy atom. The molecule has 3 aromatic rings. The number of H-pyrrole nitrogens is 1. The van der Waals surface area contributed by atoms with Crippen molar-refractivity contribution in [2.45, 2.75) is 32.1 Å². The average Bonchev–Trinajstić information content (AvgIpc) is 2.98. The summed E-state index contributed by atoms with van der Waals surface area (Å²) in [5.74, 6) is 0.715. The molecule has 0 unspecified atom stereocenters. The Kier molecular flexibility index (Phi) is 3.03. The third-order valence-electron chi connectivity index (χ3n) is 4.19. The first kappa shape index (κ1) is 13.2. The van der Waals surface area contributed by atoms with Crippen LogP contribution < -0.4 is 10.4 Å². The van der Waals surface area contributed by atoms with Crippen LogP contribution in [0.1, 0.15) is 30.7 Å². The second kappa shape index (κ2) is 5.05. The van der Waals surface area contributed by atoms with E-state index in [-0.39, 0.29) is 5.69 Å². The molecule has 4 rings (SSSR count). The Hall–Kier alpha value is -2.50. The number of nitrogens with one attached hydrogen (secondary N) is 1. The van der Waals surface area contributed by atoms with E-state index < -0.39 is 0 Å². The molecule has 114 valence electrons. The molecule has 6 heteroatoms. The molecule has 6 nitrogen and oxygen atoms in total. The monoisotopic (exact) mass is 299 g/mol. The van der Waals surface area contributed by atoms with Crippen molar-refractivity contribution < 1.29 is 9.15 Å². The summed E-state index contributed by atoms with van der Waals surface area (Å²) in [6, 6.07) is 5.75. The van der Waals surface area contributed by atoms with Crippen LogP contribution in [0, 0.1) is 0 Å². The fraction of sp³-hybridized carbons (Fsp3) is 0.375. The molecule has 22 heavy (non-hydrogen) atoms. The highest BCUT2D eigenvalue weighted by Gasteiger charge is 2.20. The molecule has 0 saturated carbocycles. The van der Waals surface area contributed by atoms with E-state index in [0.29, 0.717) is 22.9 Å². The number of aromatic nitrogens is 3. The quantitative estimate of drug-likeness (QED) is 0.738. The predicted molar refractivity (Wildman–Crippen MR) is 81.8 cm³/mol. The minimum absolute atomic E-state index is 0.176. The maximum atomic E-state index is 12.3. The van der Waals surface area contributed by atoms with Gasteiger partial charge >= 0.3 is 11.7 Å². The average molecular weight is 299 g/mol. The third kappa shape index (κ3) is 2.03. The zero-order valence-electron chi connectivity index (χ0n) is 12.4. The number of imidazole rings is 1. The summed E-state index contributed by atoms with van der Waals surface area (Å²) in [4.78, 5) is 19.7. The highest BCUT2D eigenvalue weighted by molar-refractivity contribution is 5.75. The van der Waals surface area contributed by atoms with Gasteiger partial charge in [0, 0.05) is 11.8 Å². The molecular formula is C16H17N3O3. The number of benzene rings is 1. The van der Waals surface area contributed by atoms with Gasteiger partial charge in [-0.3, -0.25) is 0 Å². The van der Waals surface area contributed by atoms with Gasteiger partial charge in [0.25, 0.3) is 0 Å². The number of hydrogen-bond acceptors (Lipinski definition) is 4. The fourth-order valence-corrected chi connectivity index (χ4v) is 3.08. The van der Waals surface area contributed by atoms with Crippen molar-refractivity contribution in [3.63, 3.8) is 0 Å². The van der Waals surface area contributed by atoms with E-state index in [2.05, 4.69) is 9.97 Å². The number of aryl methyl sites for hydroxylation is 1. The minimum atomic E-state index is -0.176. The second-order valence-corrected chi connectivity index (χ2v) is 5.58. The van der Waals surface area contributed by atoms with Crippen molar-refractivity contribution in [1.82, 2.24) is 14.5 Å². The molecule has 0 amide bonds. The predicted octanol–water partition coefficient (Wildman–Crippen LogP) is 2.58. The van der Waals surface area contributed by atoms with Crippen molar-refractivity contribution >= 4 is 11.1 Å². The van der Waals surface area contributed by atoms with Crippen molar-refractivity contribution in [2.75, 3.05) is 7.11 Å². The van der Waals surface area contributed by atoms with E-state index in [1.165, 1.54) is 6.42 Å². The van der Waals surface area contributed by atoms with Crippen LogP contribution in [0.5, 0.6) is 5.75 Å². The Labute approximate surface area is 126 Å². The lowest BCUT2D eigenvalue weighted by Gasteiger charge is -2.02. The molecule has 0 bridgehead atoms. The lowest BCUT2D eigenvalue weighted by Crippen LogP contribution is -2.17. The molecule has 0 aliphatic heterocycles. The largest absolute Gasteiger partial charge is 0.497 e. The lowest BCUT2D eigenvalue weighted by atomic mass is 10.2. The Morgan fingerprint density at radius 1 is 1.27 bits per heavy atom. The molecule has 0 radical (unpaired) electrons. The third-order valence-corrected chi connectivity index (χ3v) is 4.19. The van der Waals surface area contributed by atoms with Gasteiger partial charge < -0.3 is 14.1 Å². The standard InChI is InChI=1S/C16H17N3O3/c1-21-10-7-8-14-12(9-10)18-16(22-14)19-13-6-4-2-3-5-11(13)17-15(19)20/h7-9H,2-6H2,1H3,(H,17,20). The van der Waals surface area contributed by atoms with Crippen LogP contribution in [0.4, 0.5) is 0 Å². The molecule has 1 aliphatic rings. The van der Waals surface area contributed by atoms with E-state index in [1.54, 1.807) is 23.8 Å². The molecule has 0 fully saturated rings. The maximum absolute atomic E-state index is 12.3. The Bertz CT molecular complexity index is 888. The molecule has 0 atom stereocenters. The highest BCUT2D eigenvalue weighted by atomic mass is 16.5. The van der Waals surface area contributed by atoms with Gasteiger partial charge in [0.15, 0.2) is 5.58 Å². The number of rotatable bonds is 2. The summed E-state index contributed by atoms with van der Waals surface area (Å²) in [5.41, 5.74) is 3.17. The van der Waals surface area contributed by atoms with Crippen LogP contribution in [0.25, 0.3) is 17.1 Å². The number of ether oxygens (including phenoxy) is 1. The van der Waals surface area contributed by atoms with Gasteiger partial charge in [-0.15, -0.1) is 0 Å². The first-order valence-corrected chi connectivity index (χ1v) is 7.54. The second-order valence-electron chi connectivity index (χ2n) is 5.58. The zero-order chi connectivity index (χ0) is 15.1. The van der Waals surface area contributed by atoms with E-state index in [9.17, 15) is 4.79 Å². The van der Waals surface area contributed by atoms with Gasteiger partial charge in [-0.2, -0.15) is 4.98 Å². The van der Waals surface area contributed by atoms with Crippen LogP contribution in [-0.4, -0.2) is 21.6 Å². The van der Waals surface area contributed by atoms with Crippen LogP contribution in [0.15, 0.2) is 27.4 Å². The van der Waals surface area contributed by atoms with E-state index >= 15 is 0 Å².